The summed E-state index contributed by atoms with van der Waals surface area (Å²) in [6.45, 7) is 2.62. The molecular formula is C23H22F2N4O3. The number of hydrogen-bond acceptors (Lipinski definition) is 5. The van der Waals surface area contributed by atoms with Crippen LogP contribution < -0.4 is 5.32 Å². The molecule has 0 spiro atoms. The van der Waals surface area contributed by atoms with Gasteiger partial charge in [-0.25, -0.2) is 8.78 Å². The highest BCUT2D eigenvalue weighted by Gasteiger charge is 2.29. The summed E-state index contributed by atoms with van der Waals surface area (Å²) in [4.78, 5) is 30.5. The molecule has 0 radical (unpaired) electrons. The normalized spacial score (nSPS) is 16.1. The van der Waals surface area contributed by atoms with Crippen molar-refractivity contribution in [2.75, 3.05) is 18.4 Å². The number of halogens is 2. The van der Waals surface area contributed by atoms with Crippen LogP contribution in [0, 0.1) is 11.6 Å². The van der Waals surface area contributed by atoms with Crippen molar-refractivity contribution < 1.29 is 22.9 Å². The number of benzene rings is 2. The minimum atomic E-state index is -1.05. The topological polar surface area (TPSA) is 88.3 Å². The number of carbonyl (C=O) groups excluding carboxylic acids is 2. The van der Waals surface area contributed by atoms with Gasteiger partial charge in [-0.15, -0.1) is 0 Å². The summed E-state index contributed by atoms with van der Waals surface area (Å²) in [6, 6.07) is 10.3. The molecule has 0 aliphatic carbocycles. The van der Waals surface area contributed by atoms with Crippen LogP contribution in [0.25, 0.3) is 11.4 Å². The smallest absolute Gasteiger partial charge is 0.253 e. The summed E-state index contributed by atoms with van der Waals surface area (Å²) in [7, 11) is 0. The molecule has 1 aromatic heterocycles. The van der Waals surface area contributed by atoms with E-state index >= 15 is 0 Å². The maximum absolute atomic E-state index is 13.5. The predicted molar refractivity (Wildman–Crippen MR) is 113 cm³/mol. The van der Waals surface area contributed by atoms with E-state index in [4.69, 9.17) is 4.52 Å². The highest BCUT2D eigenvalue weighted by Crippen LogP contribution is 2.29. The van der Waals surface area contributed by atoms with Gasteiger partial charge in [-0.2, -0.15) is 4.98 Å². The number of hydrogen-bond donors (Lipinski definition) is 1. The molecule has 0 saturated carbocycles. The summed E-state index contributed by atoms with van der Waals surface area (Å²) in [6.07, 6.45) is 1.85. The minimum absolute atomic E-state index is 0.0936. The lowest BCUT2D eigenvalue weighted by Gasteiger charge is -2.31. The van der Waals surface area contributed by atoms with Crippen molar-refractivity contribution in [3.8, 4) is 11.4 Å². The van der Waals surface area contributed by atoms with E-state index in [0.29, 0.717) is 42.5 Å². The number of anilines is 1. The number of rotatable bonds is 5. The average Bonchev–Trinajstić information content (AvgIpc) is 3.31. The van der Waals surface area contributed by atoms with Gasteiger partial charge < -0.3 is 14.7 Å². The van der Waals surface area contributed by atoms with Crippen LogP contribution in [0.3, 0.4) is 0 Å². The molecular weight excluding hydrogens is 418 g/mol. The highest BCUT2D eigenvalue weighted by molar-refractivity contribution is 5.94. The molecule has 1 saturated heterocycles. The summed E-state index contributed by atoms with van der Waals surface area (Å²) in [5.74, 6) is -1.88. The molecule has 1 fully saturated rings. The molecule has 3 aromatic rings. The molecule has 32 heavy (non-hydrogen) atoms. The number of aromatic nitrogens is 2. The van der Waals surface area contributed by atoms with Crippen molar-refractivity contribution in [2.24, 2.45) is 0 Å². The summed E-state index contributed by atoms with van der Waals surface area (Å²) >= 11 is 0. The Morgan fingerprint density at radius 1 is 1.19 bits per heavy atom. The van der Waals surface area contributed by atoms with Crippen LogP contribution in [-0.4, -0.2) is 39.9 Å². The van der Waals surface area contributed by atoms with Crippen molar-refractivity contribution in [2.45, 2.75) is 32.1 Å². The Balaban J connectivity index is 1.48. The predicted octanol–water partition coefficient (Wildman–Crippen LogP) is 4.38. The van der Waals surface area contributed by atoms with Crippen molar-refractivity contribution in [3.63, 3.8) is 0 Å². The van der Waals surface area contributed by atoms with Crippen molar-refractivity contribution >= 4 is 17.5 Å². The SMILES string of the molecule is CCC(=O)Nc1cccc(-c2noc([C@@H]3CCCN(C(=O)c4ccc(F)c(F)c4)C3)n2)c1. The van der Waals surface area contributed by atoms with Gasteiger partial charge in [0.05, 0.1) is 5.92 Å². The van der Waals surface area contributed by atoms with Gasteiger partial charge in [0.15, 0.2) is 11.6 Å². The zero-order valence-electron chi connectivity index (χ0n) is 17.5. The third-order valence-corrected chi connectivity index (χ3v) is 5.39. The summed E-state index contributed by atoms with van der Waals surface area (Å²) < 4.78 is 32.2. The summed E-state index contributed by atoms with van der Waals surface area (Å²) in [5, 5.41) is 6.85. The lowest BCUT2D eigenvalue weighted by molar-refractivity contribution is -0.115. The second-order valence-corrected chi connectivity index (χ2v) is 7.66. The Bertz CT molecular complexity index is 1150. The van der Waals surface area contributed by atoms with Crippen molar-refractivity contribution in [3.05, 3.63) is 65.6 Å². The lowest BCUT2D eigenvalue weighted by Crippen LogP contribution is -2.39. The van der Waals surface area contributed by atoms with Crippen LogP contribution in [0.5, 0.6) is 0 Å². The van der Waals surface area contributed by atoms with Gasteiger partial charge in [0.1, 0.15) is 0 Å². The first-order chi connectivity index (χ1) is 15.4. The Morgan fingerprint density at radius 3 is 2.81 bits per heavy atom. The van der Waals surface area contributed by atoms with Gasteiger partial charge in [0.2, 0.25) is 17.6 Å². The van der Waals surface area contributed by atoms with Gasteiger partial charge >= 0.3 is 0 Å². The van der Waals surface area contributed by atoms with E-state index in [1.807, 2.05) is 6.07 Å². The Kier molecular flexibility index (Phi) is 6.25. The third-order valence-electron chi connectivity index (χ3n) is 5.39. The first kappa shape index (κ1) is 21.6. The number of carbonyl (C=O) groups is 2. The molecule has 1 N–H and O–H groups in total. The van der Waals surface area contributed by atoms with Gasteiger partial charge in [-0.1, -0.05) is 24.2 Å². The van der Waals surface area contributed by atoms with E-state index in [9.17, 15) is 18.4 Å². The number of piperidine rings is 1. The zero-order valence-corrected chi connectivity index (χ0v) is 17.5. The molecule has 1 aliphatic heterocycles. The molecule has 4 rings (SSSR count). The molecule has 2 heterocycles. The van der Waals surface area contributed by atoms with Gasteiger partial charge in [0.25, 0.3) is 5.91 Å². The Morgan fingerprint density at radius 2 is 2.03 bits per heavy atom. The number of nitrogens with zero attached hydrogens (tertiary/aromatic N) is 3. The van der Waals surface area contributed by atoms with Gasteiger partial charge in [-0.3, -0.25) is 9.59 Å². The third kappa shape index (κ3) is 4.66. The lowest BCUT2D eigenvalue weighted by atomic mass is 9.97. The molecule has 1 atom stereocenters. The van der Waals surface area contributed by atoms with Crippen LogP contribution in [0.1, 0.15) is 48.4 Å². The number of nitrogens with one attached hydrogen (secondary N) is 1. The molecule has 0 bridgehead atoms. The second kappa shape index (κ2) is 9.25. The van der Waals surface area contributed by atoms with E-state index in [0.717, 1.165) is 25.0 Å². The Labute approximate surface area is 183 Å². The van der Waals surface area contributed by atoms with Crippen LogP contribution in [0.2, 0.25) is 0 Å². The maximum atomic E-state index is 13.5. The maximum Gasteiger partial charge on any atom is 0.253 e. The Hall–Kier alpha value is -3.62. The molecule has 1 aliphatic rings. The van der Waals surface area contributed by atoms with E-state index in [1.54, 1.807) is 30.0 Å². The summed E-state index contributed by atoms with van der Waals surface area (Å²) in [5.41, 5.74) is 1.43. The van der Waals surface area contributed by atoms with E-state index in [1.165, 1.54) is 6.07 Å². The van der Waals surface area contributed by atoms with Gasteiger partial charge in [-0.05, 0) is 43.2 Å². The zero-order chi connectivity index (χ0) is 22.7. The fraction of sp³-hybridized carbons (Fsp3) is 0.304. The minimum Gasteiger partial charge on any atom is -0.339 e. The van der Waals surface area contributed by atoms with Gasteiger partial charge in [0, 0.05) is 36.3 Å². The van der Waals surface area contributed by atoms with Crippen LogP contribution >= 0.6 is 0 Å². The number of amides is 2. The monoisotopic (exact) mass is 440 g/mol. The van der Waals surface area contributed by atoms with E-state index in [2.05, 4.69) is 15.5 Å². The fourth-order valence-corrected chi connectivity index (χ4v) is 3.68. The largest absolute Gasteiger partial charge is 0.339 e. The van der Waals surface area contributed by atoms with E-state index in [-0.39, 0.29) is 23.3 Å². The standard InChI is InChI=1S/C23H22F2N4O3/c1-2-20(30)26-17-7-3-5-14(11-17)21-27-22(32-28-21)16-6-4-10-29(13-16)23(31)15-8-9-18(24)19(25)12-15/h3,5,7-9,11-12,16H,2,4,6,10,13H2,1H3,(H,26,30)/t16-/m1/s1. The molecule has 0 unspecified atom stereocenters. The molecule has 9 heteroatoms. The molecule has 7 nitrogen and oxygen atoms in total. The van der Waals surface area contributed by atoms with Crippen molar-refractivity contribution in [1.29, 1.82) is 0 Å². The fourth-order valence-electron chi connectivity index (χ4n) is 3.68. The van der Waals surface area contributed by atoms with Crippen LogP contribution in [0.15, 0.2) is 47.0 Å². The van der Waals surface area contributed by atoms with Crippen molar-refractivity contribution in [1.82, 2.24) is 15.0 Å². The van der Waals surface area contributed by atoms with E-state index < -0.39 is 11.6 Å². The average molecular weight is 440 g/mol. The van der Waals surface area contributed by atoms with Crippen LogP contribution in [0.4, 0.5) is 14.5 Å². The second-order valence-electron chi connectivity index (χ2n) is 7.66. The quantitative estimate of drug-likeness (QED) is 0.636. The molecule has 2 amide bonds. The highest BCUT2D eigenvalue weighted by atomic mass is 19.2. The molecule has 166 valence electrons. The number of likely N-dealkylation sites (tertiary alicyclic amines) is 1. The first-order valence-corrected chi connectivity index (χ1v) is 10.4. The first-order valence-electron chi connectivity index (χ1n) is 10.4. The molecule has 2 aromatic carbocycles. The van der Waals surface area contributed by atoms with Crippen LogP contribution in [-0.2, 0) is 4.79 Å².